The number of aryl methyl sites for hydroxylation is 2. The topological polar surface area (TPSA) is 106 Å². The Morgan fingerprint density at radius 3 is 1.70 bits per heavy atom. The van der Waals surface area contributed by atoms with E-state index in [0.29, 0.717) is 22.0 Å². The molecule has 0 amide bonds. The fourth-order valence-corrected chi connectivity index (χ4v) is 3.40. The van der Waals surface area contributed by atoms with E-state index in [1.165, 1.54) is 24.3 Å². The number of aromatic amines is 2. The van der Waals surface area contributed by atoms with Crippen molar-refractivity contribution in [2.45, 2.75) is 19.8 Å². The van der Waals surface area contributed by atoms with Crippen LogP contribution in [0.4, 0.5) is 0 Å². The van der Waals surface area contributed by atoms with Crippen LogP contribution in [0.3, 0.4) is 0 Å². The first-order chi connectivity index (χ1) is 12.7. The number of pyridine rings is 2. The molecule has 0 saturated carbocycles. The summed E-state index contributed by atoms with van der Waals surface area (Å²) in [4.78, 5) is 30.5. The highest BCUT2D eigenvalue weighted by Crippen LogP contribution is 2.38. The first-order valence-electron chi connectivity index (χ1n) is 7.99. The van der Waals surface area contributed by atoms with Crippen LogP contribution in [0.2, 0.25) is 10.0 Å². The van der Waals surface area contributed by atoms with Gasteiger partial charge in [0.05, 0.1) is 27.1 Å². The molecular formula is C19H16Cl2N2O4. The smallest absolute Gasteiger partial charge is 0.256 e. The summed E-state index contributed by atoms with van der Waals surface area (Å²) < 4.78 is 0. The van der Waals surface area contributed by atoms with Gasteiger partial charge in [0.25, 0.3) is 11.1 Å². The maximum Gasteiger partial charge on any atom is 0.256 e. The molecule has 6 nitrogen and oxygen atoms in total. The lowest BCUT2D eigenvalue weighted by Gasteiger charge is -2.20. The van der Waals surface area contributed by atoms with E-state index in [9.17, 15) is 19.8 Å². The lowest BCUT2D eigenvalue weighted by molar-refractivity contribution is 0.454. The van der Waals surface area contributed by atoms with Crippen molar-refractivity contribution >= 4 is 23.2 Å². The van der Waals surface area contributed by atoms with Crippen molar-refractivity contribution in [2.75, 3.05) is 0 Å². The third-order valence-corrected chi connectivity index (χ3v) is 4.96. The zero-order chi connectivity index (χ0) is 19.9. The van der Waals surface area contributed by atoms with Crippen molar-refractivity contribution in [1.29, 1.82) is 0 Å². The van der Waals surface area contributed by atoms with E-state index in [1.54, 1.807) is 19.9 Å². The summed E-state index contributed by atoms with van der Waals surface area (Å²) in [5.41, 5.74) is 0.00392. The van der Waals surface area contributed by atoms with Gasteiger partial charge in [-0.2, -0.15) is 0 Å². The molecule has 0 radical (unpaired) electrons. The van der Waals surface area contributed by atoms with Gasteiger partial charge in [0, 0.05) is 11.4 Å². The van der Waals surface area contributed by atoms with Crippen LogP contribution >= 0.6 is 23.2 Å². The summed E-state index contributed by atoms with van der Waals surface area (Å²) in [7, 11) is 0. The molecule has 2 aromatic heterocycles. The molecule has 8 heteroatoms. The molecule has 3 aromatic rings. The van der Waals surface area contributed by atoms with Gasteiger partial charge in [-0.15, -0.1) is 0 Å². The van der Waals surface area contributed by atoms with E-state index in [0.717, 1.165) is 0 Å². The Morgan fingerprint density at radius 1 is 0.815 bits per heavy atom. The van der Waals surface area contributed by atoms with Crippen molar-refractivity contribution in [3.05, 3.63) is 89.2 Å². The van der Waals surface area contributed by atoms with Crippen LogP contribution in [0.5, 0.6) is 11.5 Å². The van der Waals surface area contributed by atoms with E-state index in [1.807, 2.05) is 0 Å². The van der Waals surface area contributed by atoms with Gasteiger partial charge in [-0.1, -0.05) is 29.3 Å². The second-order valence-corrected chi connectivity index (χ2v) is 7.08. The molecule has 0 aliphatic heterocycles. The molecule has 0 atom stereocenters. The predicted molar refractivity (Wildman–Crippen MR) is 104 cm³/mol. The monoisotopic (exact) mass is 406 g/mol. The van der Waals surface area contributed by atoms with E-state index >= 15 is 0 Å². The first kappa shape index (κ1) is 19.1. The number of benzene rings is 1. The third kappa shape index (κ3) is 3.59. The first-order valence-corrected chi connectivity index (χ1v) is 8.75. The average Bonchev–Trinajstić information content (AvgIpc) is 2.54. The molecule has 3 rings (SSSR count). The predicted octanol–water partition coefficient (Wildman–Crippen LogP) is 3.58. The Morgan fingerprint density at radius 2 is 1.30 bits per heavy atom. The molecule has 2 heterocycles. The van der Waals surface area contributed by atoms with Crippen molar-refractivity contribution in [2.24, 2.45) is 0 Å². The van der Waals surface area contributed by atoms with Gasteiger partial charge in [0.15, 0.2) is 0 Å². The Bertz CT molecular complexity index is 1090. The van der Waals surface area contributed by atoms with Crippen LogP contribution in [-0.2, 0) is 0 Å². The molecule has 0 spiro atoms. The maximum absolute atomic E-state index is 12.6. The lowest BCUT2D eigenvalue weighted by Crippen LogP contribution is -2.24. The third-order valence-electron chi connectivity index (χ3n) is 4.22. The summed E-state index contributed by atoms with van der Waals surface area (Å²) in [6.07, 6.45) is 0. The number of aromatic nitrogens is 2. The molecule has 0 aliphatic carbocycles. The van der Waals surface area contributed by atoms with E-state index in [2.05, 4.69) is 9.97 Å². The minimum absolute atomic E-state index is 0.0800. The van der Waals surface area contributed by atoms with Gasteiger partial charge in [-0.25, -0.2) is 0 Å². The minimum atomic E-state index is -1.06. The van der Waals surface area contributed by atoms with Crippen LogP contribution in [0.1, 0.15) is 34.0 Å². The number of hydrogen-bond acceptors (Lipinski definition) is 4. The molecule has 27 heavy (non-hydrogen) atoms. The van der Waals surface area contributed by atoms with Crippen LogP contribution in [0.15, 0.2) is 39.9 Å². The highest BCUT2D eigenvalue weighted by atomic mass is 35.5. The number of hydrogen-bond donors (Lipinski definition) is 4. The van der Waals surface area contributed by atoms with Crippen LogP contribution in [0, 0.1) is 13.8 Å². The maximum atomic E-state index is 12.6. The van der Waals surface area contributed by atoms with Crippen molar-refractivity contribution in [1.82, 2.24) is 9.97 Å². The van der Waals surface area contributed by atoms with Crippen molar-refractivity contribution in [3.8, 4) is 11.5 Å². The molecule has 0 bridgehead atoms. The molecular weight excluding hydrogens is 391 g/mol. The summed E-state index contributed by atoms with van der Waals surface area (Å²) in [5, 5.41) is 21.4. The second-order valence-electron chi connectivity index (χ2n) is 6.27. The highest BCUT2D eigenvalue weighted by Gasteiger charge is 2.29. The van der Waals surface area contributed by atoms with Crippen LogP contribution < -0.4 is 11.1 Å². The normalized spacial score (nSPS) is 11.1. The largest absolute Gasteiger partial charge is 0.507 e. The zero-order valence-corrected chi connectivity index (χ0v) is 15.9. The molecule has 0 unspecified atom stereocenters. The number of nitrogens with one attached hydrogen (secondary N) is 2. The van der Waals surface area contributed by atoms with Gasteiger partial charge in [-0.05, 0) is 43.7 Å². The Labute approximate surface area is 164 Å². The average molecular weight is 407 g/mol. The highest BCUT2D eigenvalue weighted by molar-refractivity contribution is 6.42. The van der Waals surface area contributed by atoms with Gasteiger partial charge in [-0.3, -0.25) is 9.59 Å². The van der Waals surface area contributed by atoms with Gasteiger partial charge < -0.3 is 20.2 Å². The molecule has 4 N–H and O–H groups in total. The summed E-state index contributed by atoms with van der Waals surface area (Å²) >= 11 is 12.1. The second kappa shape index (κ2) is 7.13. The molecule has 1 aromatic carbocycles. The van der Waals surface area contributed by atoms with E-state index in [4.69, 9.17) is 23.2 Å². The Hall–Kier alpha value is -2.70. The fourth-order valence-electron chi connectivity index (χ4n) is 3.09. The van der Waals surface area contributed by atoms with Crippen LogP contribution in [0.25, 0.3) is 0 Å². The van der Waals surface area contributed by atoms with Crippen molar-refractivity contribution < 1.29 is 10.2 Å². The van der Waals surface area contributed by atoms with Gasteiger partial charge in [0.2, 0.25) is 0 Å². The van der Waals surface area contributed by atoms with Crippen LogP contribution in [-0.4, -0.2) is 20.2 Å². The lowest BCUT2D eigenvalue weighted by atomic mass is 9.85. The number of halogens is 2. The Kier molecular flexibility index (Phi) is 5.04. The summed E-state index contributed by atoms with van der Waals surface area (Å²) in [6, 6.07) is 7.34. The van der Waals surface area contributed by atoms with E-state index < -0.39 is 17.0 Å². The Balaban J connectivity index is 2.41. The number of H-pyrrole nitrogens is 2. The standard InChI is InChI=1S/C19H16Cl2N2O4/c1-8-5-13(24)16(18(26)22-8)15(10-3-4-11(20)12(21)7-10)17-14(25)6-9(2)23-19(17)27/h3-7,15H,1-2H3,(H2,22,24,26)(H2,23,25,27). The van der Waals surface area contributed by atoms with Gasteiger partial charge in [0.1, 0.15) is 11.5 Å². The zero-order valence-electron chi connectivity index (χ0n) is 14.4. The molecule has 0 saturated heterocycles. The quantitative estimate of drug-likeness (QED) is 0.533. The van der Waals surface area contributed by atoms with E-state index in [-0.39, 0.29) is 27.6 Å². The minimum Gasteiger partial charge on any atom is -0.507 e. The summed E-state index contributed by atoms with van der Waals surface area (Å²) in [6.45, 7) is 3.24. The number of rotatable bonds is 3. The molecule has 0 aliphatic rings. The summed E-state index contributed by atoms with van der Waals surface area (Å²) in [5.74, 6) is -1.66. The molecule has 0 fully saturated rings. The SMILES string of the molecule is Cc1cc(O)c(C(c2ccc(Cl)c(Cl)c2)c2c(O)cc(C)[nH]c2=O)c(=O)[nH]1. The fraction of sp³-hybridized carbons (Fsp3) is 0.158. The van der Waals surface area contributed by atoms with Gasteiger partial charge >= 0.3 is 0 Å². The number of aromatic hydroxyl groups is 2. The van der Waals surface area contributed by atoms with Crippen molar-refractivity contribution in [3.63, 3.8) is 0 Å². The molecule has 140 valence electrons.